The van der Waals surface area contributed by atoms with Gasteiger partial charge in [0, 0.05) is 25.2 Å². The Kier molecular flexibility index (Phi) is 5.60. The molecule has 1 N–H and O–H groups in total. The number of fused-ring (bicyclic) bond motifs is 1. The number of ether oxygens (including phenoxy) is 1. The maximum absolute atomic E-state index is 10.7. The van der Waals surface area contributed by atoms with E-state index in [-0.39, 0.29) is 12.5 Å². The highest BCUT2D eigenvalue weighted by molar-refractivity contribution is 5.52. The second-order valence-electron chi connectivity index (χ2n) is 9.55. The van der Waals surface area contributed by atoms with Gasteiger partial charge in [0.15, 0.2) is 0 Å². The Balaban J connectivity index is 1.40. The van der Waals surface area contributed by atoms with Gasteiger partial charge in [-0.1, -0.05) is 66.2 Å². The number of rotatable bonds is 6. The summed E-state index contributed by atoms with van der Waals surface area (Å²) in [5.41, 5.74) is 6.04. The molecule has 3 nitrogen and oxygen atoms in total. The van der Waals surface area contributed by atoms with Crippen molar-refractivity contribution in [1.82, 2.24) is 0 Å². The molecular formula is C29H30O3. The van der Waals surface area contributed by atoms with Crippen molar-refractivity contribution in [3.63, 3.8) is 0 Å². The summed E-state index contributed by atoms with van der Waals surface area (Å²) in [6.45, 7) is 2.17. The number of aldehydes is 1. The summed E-state index contributed by atoms with van der Waals surface area (Å²) in [6, 6.07) is 26.3. The third-order valence-corrected chi connectivity index (χ3v) is 7.21. The van der Waals surface area contributed by atoms with Crippen LogP contribution in [0.4, 0.5) is 0 Å². The molecule has 5 rings (SSSR count). The number of carbonyl (C=O) groups is 1. The highest BCUT2D eigenvalue weighted by atomic mass is 16.5. The van der Waals surface area contributed by atoms with Crippen LogP contribution >= 0.6 is 0 Å². The molecule has 0 spiro atoms. The van der Waals surface area contributed by atoms with Crippen LogP contribution in [0.1, 0.15) is 65.3 Å². The molecule has 2 atom stereocenters. The molecule has 0 heterocycles. The molecule has 0 unspecified atom stereocenters. The standard InChI is InChI=1S/C29H30O3/c1-20-7-13-27-23(17-20)10-14-26(21-5-3-2-4-6-21)28(27)22-8-11-24(12-9-22)32-25-18-29(31,19-25)15-16-30/h2-9,11-13,16-17,25-26,28,31H,10,14-15,18-19H2,1H3/t25?,26-,28+,29?/m1/s1. The lowest BCUT2D eigenvalue weighted by atomic mass is 9.69. The largest absolute Gasteiger partial charge is 0.490 e. The number of aryl methyl sites for hydroxylation is 2. The predicted octanol–water partition coefficient (Wildman–Crippen LogP) is 5.72. The Morgan fingerprint density at radius 3 is 2.47 bits per heavy atom. The van der Waals surface area contributed by atoms with E-state index in [1.807, 2.05) is 0 Å². The van der Waals surface area contributed by atoms with Crippen LogP contribution < -0.4 is 4.74 Å². The molecule has 32 heavy (non-hydrogen) atoms. The zero-order chi connectivity index (χ0) is 22.1. The number of hydrogen-bond donors (Lipinski definition) is 1. The molecule has 2 aliphatic carbocycles. The van der Waals surface area contributed by atoms with E-state index in [0.717, 1.165) is 24.9 Å². The molecule has 3 heteroatoms. The summed E-state index contributed by atoms with van der Waals surface area (Å²) in [4.78, 5) is 10.7. The average molecular weight is 427 g/mol. The predicted molar refractivity (Wildman–Crippen MR) is 126 cm³/mol. The molecule has 1 saturated carbocycles. The minimum Gasteiger partial charge on any atom is -0.490 e. The number of hydrogen-bond acceptors (Lipinski definition) is 3. The molecule has 3 aromatic carbocycles. The topological polar surface area (TPSA) is 46.5 Å². The Bertz CT molecular complexity index is 1080. The number of aliphatic hydroxyl groups is 1. The normalized spacial score (nSPS) is 26.6. The first kappa shape index (κ1) is 21.0. The zero-order valence-corrected chi connectivity index (χ0v) is 18.5. The summed E-state index contributed by atoms with van der Waals surface area (Å²) in [5.74, 6) is 1.59. The lowest BCUT2D eigenvalue weighted by molar-refractivity contribution is -0.128. The van der Waals surface area contributed by atoms with Gasteiger partial charge in [-0.15, -0.1) is 0 Å². The Morgan fingerprint density at radius 1 is 1.00 bits per heavy atom. The lowest BCUT2D eigenvalue weighted by Gasteiger charge is -2.42. The molecule has 0 aromatic heterocycles. The average Bonchev–Trinajstić information content (AvgIpc) is 2.78. The summed E-state index contributed by atoms with van der Waals surface area (Å²) in [6.07, 6.45) is 4.23. The van der Waals surface area contributed by atoms with Gasteiger partial charge in [0.05, 0.1) is 5.60 Å². The van der Waals surface area contributed by atoms with Crippen LogP contribution in [0.5, 0.6) is 5.75 Å². The van der Waals surface area contributed by atoms with E-state index in [9.17, 15) is 9.90 Å². The Labute approximate surface area is 190 Å². The van der Waals surface area contributed by atoms with Crippen LogP contribution in [0.25, 0.3) is 0 Å². The van der Waals surface area contributed by atoms with Gasteiger partial charge in [0.2, 0.25) is 0 Å². The molecule has 0 radical (unpaired) electrons. The Morgan fingerprint density at radius 2 is 1.75 bits per heavy atom. The van der Waals surface area contributed by atoms with Crippen LogP contribution in [-0.4, -0.2) is 23.1 Å². The van der Waals surface area contributed by atoms with E-state index in [2.05, 4.69) is 79.7 Å². The minimum atomic E-state index is -0.876. The fourth-order valence-corrected chi connectivity index (χ4v) is 5.56. The van der Waals surface area contributed by atoms with Crippen LogP contribution in [0, 0.1) is 6.92 Å². The van der Waals surface area contributed by atoms with E-state index in [1.165, 1.54) is 27.8 Å². The van der Waals surface area contributed by atoms with E-state index in [4.69, 9.17) is 4.74 Å². The van der Waals surface area contributed by atoms with E-state index in [0.29, 0.717) is 24.7 Å². The number of benzene rings is 3. The van der Waals surface area contributed by atoms with Crippen LogP contribution in [0.3, 0.4) is 0 Å². The van der Waals surface area contributed by atoms with Crippen molar-refractivity contribution >= 4 is 6.29 Å². The first-order chi connectivity index (χ1) is 15.5. The summed E-state index contributed by atoms with van der Waals surface area (Å²) in [5, 5.41) is 10.2. The fraction of sp³-hybridized carbons (Fsp3) is 0.345. The molecule has 2 aliphatic rings. The third-order valence-electron chi connectivity index (χ3n) is 7.21. The van der Waals surface area contributed by atoms with Gasteiger partial charge in [-0.05, 0) is 60.1 Å². The molecule has 0 aliphatic heterocycles. The van der Waals surface area contributed by atoms with Crippen molar-refractivity contribution in [1.29, 1.82) is 0 Å². The molecule has 1 fully saturated rings. The molecule has 3 aromatic rings. The number of carbonyl (C=O) groups excluding carboxylic acids is 1. The van der Waals surface area contributed by atoms with Crippen molar-refractivity contribution in [2.75, 3.05) is 0 Å². The zero-order valence-electron chi connectivity index (χ0n) is 18.5. The van der Waals surface area contributed by atoms with E-state index >= 15 is 0 Å². The van der Waals surface area contributed by atoms with E-state index < -0.39 is 5.60 Å². The Hall–Kier alpha value is -2.91. The van der Waals surface area contributed by atoms with Gasteiger partial charge in [-0.2, -0.15) is 0 Å². The van der Waals surface area contributed by atoms with Crippen LogP contribution in [0.15, 0.2) is 72.8 Å². The molecular weight excluding hydrogens is 396 g/mol. The molecule has 0 saturated heterocycles. The lowest BCUT2D eigenvalue weighted by Crippen LogP contribution is -2.49. The van der Waals surface area contributed by atoms with Gasteiger partial charge in [-0.3, -0.25) is 0 Å². The van der Waals surface area contributed by atoms with Crippen molar-refractivity contribution in [2.24, 2.45) is 0 Å². The highest BCUT2D eigenvalue weighted by Crippen LogP contribution is 2.47. The quantitative estimate of drug-likeness (QED) is 0.513. The fourth-order valence-electron chi connectivity index (χ4n) is 5.56. The first-order valence-corrected chi connectivity index (χ1v) is 11.6. The van der Waals surface area contributed by atoms with Crippen molar-refractivity contribution in [3.8, 4) is 5.75 Å². The van der Waals surface area contributed by atoms with Crippen molar-refractivity contribution in [3.05, 3.63) is 101 Å². The van der Waals surface area contributed by atoms with Gasteiger partial charge >= 0.3 is 0 Å². The van der Waals surface area contributed by atoms with Crippen LogP contribution in [0.2, 0.25) is 0 Å². The van der Waals surface area contributed by atoms with Gasteiger partial charge in [-0.25, -0.2) is 0 Å². The van der Waals surface area contributed by atoms with Gasteiger partial charge < -0.3 is 14.6 Å². The monoisotopic (exact) mass is 426 g/mol. The highest BCUT2D eigenvalue weighted by Gasteiger charge is 2.43. The van der Waals surface area contributed by atoms with Crippen LogP contribution in [-0.2, 0) is 11.2 Å². The van der Waals surface area contributed by atoms with Crippen molar-refractivity contribution in [2.45, 2.75) is 62.6 Å². The SMILES string of the molecule is Cc1ccc2c(c1)CC[C@H](c1ccccc1)[C@@H]2c1ccc(OC2CC(O)(CC=O)C2)cc1. The summed E-state index contributed by atoms with van der Waals surface area (Å²) < 4.78 is 6.06. The molecule has 164 valence electrons. The summed E-state index contributed by atoms with van der Waals surface area (Å²) >= 11 is 0. The van der Waals surface area contributed by atoms with Gasteiger partial charge in [0.25, 0.3) is 0 Å². The van der Waals surface area contributed by atoms with Crippen molar-refractivity contribution < 1.29 is 14.6 Å². The maximum atomic E-state index is 10.7. The first-order valence-electron chi connectivity index (χ1n) is 11.6. The second kappa shape index (κ2) is 8.55. The second-order valence-corrected chi connectivity index (χ2v) is 9.55. The van der Waals surface area contributed by atoms with E-state index in [1.54, 1.807) is 0 Å². The van der Waals surface area contributed by atoms with Gasteiger partial charge in [0.1, 0.15) is 18.1 Å². The maximum Gasteiger partial charge on any atom is 0.122 e. The minimum absolute atomic E-state index is 0.0266. The smallest absolute Gasteiger partial charge is 0.122 e. The third kappa shape index (κ3) is 4.10. The molecule has 0 amide bonds. The summed E-state index contributed by atoms with van der Waals surface area (Å²) in [7, 11) is 0. The molecule has 0 bridgehead atoms.